The fourth-order valence-corrected chi connectivity index (χ4v) is 3.05. The molecule has 0 bridgehead atoms. The zero-order chi connectivity index (χ0) is 19.9. The summed E-state index contributed by atoms with van der Waals surface area (Å²) in [4.78, 5) is 17.0. The molecular formula is C22H25N3O3. The molecule has 1 aromatic heterocycles. The van der Waals surface area contributed by atoms with Crippen LogP contribution in [-0.4, -0.2) is 29.2 Å². The molecule has 0 radical (unpaired) electrons. The SMILES string of the molecule is C=CCc1ccc(OCC(=O)Nc2nc3ccccc3n2CCC)c(OC)c1. The summed E-state index contributed by atoms with van der Waals surface area (Å²) >= 11 is 0. The van der Waals surface area contributed by atoms with E-state index in [4.69, 9.17) is 9.47 Å². The van der Waals surface area contributed by atoms with E-state index in [1.807, 2.05) is 47.0 Å². The summed E-state index contributed by atoms with van der Waals surface area (Å²) in [5.74, 6) is 1.37. The predicted molar refractivity (Wildman–Crippen MR) is 111 cm³/mol. The van der Waals surface area contributed by atoms with Gasteiger partial charge in [0.05, 0.1) is 18.1 Å². The molecule has 3 rings (SSSR count). The molecule has 1 N–H and O–H groups in total. The van der Waals surface area contributed by atoms with Crippen LogP contribution in [-0.2, 0) is 17.8 Å². The van der Waals surface area contributed by atoms with Gasteiger partial charge in [0.2, 0.25) is 5.95 Å². The first kappa shape index (κ1) is 19.5. The molecule has 1 amide bonds. The summed E-state index contributed by atoms with van der Waals surface area (Å²) in [5, 5.41) is 2.86. The lowest BCUT2D eigenvalue weighted by molar-refractivity contribution is -0.118. The first-order chi connectivity index (χ1) is 13.7. The van der Waals surface area contributed by atoms with E-state index in [0.717, 1.165) is 36.0 Å². The van der Waals surface area contributed by atoms with Crippen LogP contribution < -0.4 is 14.8 Å². The number of carbonyl (C=O) groups excluding carboxylic acids is 1. The Morgan fingerprint density at radius 2 is 2.07 bits per heavy atom. The fourth-order valence-electron chi connectivity index (χ4n) is 3.05. The molecule has 0 aliphatic heterocycles. The normalized spacial score (nSPS) is 10.6. The Bertz CT molecular complexity index is 978. The van der Waals surface area contributed by atoms with Crippen LogP contribution in [0.5, 0.6) is 11.5 Å². The minimum atomic E-state index is -0.273. The predicted octanol–water partition coefficient (Wildman–Crippen LogP) is 4.20. The molecule has 0 atom stereocenters. The zero-order valence-corrected chi connectivity index (χ0v) is 16.3. The van der Waals surface area contributed by atoms with Crippen molar-refractivity contribution < 1.29 is 14.3 Å². The topological polar surface area (TPSA) is 65.4 Å². The standard InChI is InChI=1S/C22H25N3O3/c1-4-8-16-11-12-19(20(14-16)27-3)28-15-21(26)24-22-23-17-9-6-7-10-18(17)25(22)13-5-2/h4,6-7,9-12,14H,1,5,8,13,15H2,2-3H3,(H,23,24,26). The molecule has 6 heteroatoms. The summed E-state index contributed by atoms with van der Waals surface area (Å²) in [6.45, 7) is 6.47. The van der Waals surface area contributed by atoms with E-state index in [1.54, 1.807) is 13.2 Å². The molecule has 0 saturated heterocycles. The highest BCUT2D eigenvalue weighted by Gasteiger charge is 2.14. The maximum absolute atomic E-state index is 12.4. The number of methoxy groups -OCH3 is 1. The summed E-state index contributed by atoms with van der Waals surface area (Å²) in [6, 6.07) is 13.4. The first-order valence-electron chi connectivity index (χ1n) is 9.32. The van der Waals surface area contributed by atoms with Crippen molar-refractivity contribution in [2.24, 2.45) is 0 Å². The number of amides is 1. The number of carbonyl (C=O) groups is 1. The Morgan fingerprint density at radius 1 is 1.25 bits per heavy atom. The third-order valence-electron chi connectivity index (χ3n) is 4.32. The Kier molecular flexibility index (Phi) is 6.32. The van der Waals surface area contributed by atoms with Crippen LogP contribution in [0.4, 0.5) is 5.95 Å². The van der Waals surface area contributed by atoms with E-state index >= 15 is 0 Å². The van der Waals surface area contributed by atoms with Gasteiger partial charge in [-0.3, -0.25) is 10.1 Å². The highest BCUT2D eigenvalue weighted by atomic mass is 16.5. The van der Waals surface area contributed by atoms with Crippen molar-refractivity contribution in [3.8, 4) is 11.5 Å². The molecule has 0 aliphatic rings. The first-order valence-corrected chi connectivity index (χ1v) is 9.32. The van der Waals surface area contributed by atoms with Crippen molar-refractivity contribution in [3.05, 3.63) is 60.7 Å². The number of nitrogens with zero attached hydrogens (tertiary/aromatic N) is 2. The second kappa shape index (κ2) is 9.08. The number of aryl methyl sites for hydroxylation is 1. The van der Waals surface area contributed by atoms with Crippen LogP contribution in [0.1, 0.15) is 18.9 Å². The van der Waals surface area contributed by atoms with Gasteiger partial charge in [-0.05, 0) is 42.7 Å². The number of allylic oxidation sites excluding steroid dienone is 1. The van der Waals surface area contributed by atoms with E-state index in [2.05, 4.69) is 23.8 Å². The largest absolute Gasteiger partial charge is 0.493 e. The van der Waals surface area contributed by atoms with Crippen molar-refractivity contribution in [1.29, 1.82) is 0 Å². The summed E-state index contributed by atoms with van der Waals surface area (Å²) < 4.78 is 13.0. The van der Waals surface area contributed by atoms with Crippen molar-refractivity contribution in [1.82, 2.24) is 9.55 Å². The number of benzene rings is 2. The zero-order valence-electron chi connectivity index (χ0n) is 16.3. The molecule has 1 heterocycles. The van der Waals surface area contributed by atoms with Gasteiger partial charge in [-0.15, -0.1) is 6.58 Å². The van der Waals surface area contributed by atoms with Crippen LogP contribution in [0.25, 0.3) is 11.0 Å². The second-order valence-electron chi connectivity index (χ2n) is 6.39. The van der Waals surface area contributed by atoms with Gasteiger partial charge in [0.15, 0.2) is 18.1 Å². The van der Waals surface area contributed by atoms with Crippen LogP contribution in [0.15, 0.2) is 55.1 Å². The number of anilines is 1. The monoisotopic (exact) mass is 379 g/mol. The third-order valence-corrected chi connectivity index (χ3v) is 4.32. The number of nitrogens with one attached hydrogen (secondary N) is 1. The summed E-state index contributed by atoms with van der Waals surface area (Å²) in [6.07, 6.45) is 3.50. The molecule has 0 unspecified atom stereocenters. The van der Waals surface area contributed by atoms with Gasteiger partial charge in [-0.2, -0.15) is 0 Å². The van der Waals surface area contributed by atoms with Gasteiger partial charge in [0.1, 0.15) is 0 Å². The van der Waals surface area contributed by atoms with Crippen molar-refractivity contribution in [3.63, 3.8) is 0 Å². The average molecular weight is 379 g/mol. The van der Waals surface area contributed by atoms with Gasteiger partial charge in [0.25, 0.3) is 5.91 Å². The highest BCUT2D eigenvalue weighted by molar-refractivity contribution is 5.92. The number of ether oxygens (including phenoxy) is 2. The van der Waals surface area contributed by atoms with E-state index in [0.29, 0.717) is 17.4 Å². The fraction of sp³-hybridized carbons (Fsp3) is 0.273. The quantitative estimate of drug-likeness (QED) is 0.566. The number of aromatic nitrogens is 2. The molecule has 28 heavy (non-hydrogen) atoms. The second-order valence-corrected chi connectivity index (χ2v) is 6.39. The highest BCUT2D eigenvalue weighted by Crippen LogP contribution is 2.28. The minimum Gasteiger partial charge on any atom is -0.493 e. The van der Waals surface area contributed by atoms with Gasteiger partial charge >= 0.3 is 0 Å². The Hall–Kier alpha value is -3.28. The molecule has 0 saturated carbocycles. The lowest BCUT2D eigenvalue weighted by Crippen LogP contribution is -2.22. The van der Waals surface area contributed by atoms with E-state index in [1.165, 1.54) is 0 Å². The number of para-hydroxylation sites is 2. The Morgan fingerprint density at radius 3 is 2.82 bits per heavy atom. The van der Waals surface area contributed by atoms with Gasteiger partial charge in [-0.1, -0.05) is 31.2 Å². The molecule has 3 aromatic rings. The van der Waals surface area contributed by atoms with Gasteiger partial charge in [-0.25, -0.2) is 4.98 Å². The molecule has 0 aliphatic carbocycles. The van der Waals surface area contributed by atoms with Crippen molar-refractivity contribution in [2.45, 2.75) is 26.3 Å². The number of imidazole rings is 1. The minimum absolute atomic E-state index is 0.132. The number of rotatable bonds is 9. The molecule has 2 aromatic carbocycles. The molecule has 0 spiro atoms. The Balaban J connectivity index is 1.70. The summed E-state index contributed by atoms with van der Waals surface area (Å²) in [5.41, 5.74) is 2.92. The maximum Gasteiger partial charge on any atom is 0.264 e. The van der Waals surface area contributed by atoms with Crippen LogP contribution in [0, 0.1) is 0 Å². The van der Waals surface area contributed by atoms with E-state index in [-0.39, 0.29) is 12.5 Å². The number of fused-ring (bicyclic) bond motifs is 1. The summed E-state index contributed by atoms with van der Waals surface area (Å²) in [7, 11) is 1.58. The lowest BCUT2D eigenvalue weighted by atomic mass is 10.1. The average Bonchev–Trinajstić information content (AvgIpc) is 3.04. The maximum atomic E-state index is 12.4. The number of hydrogen-bond acceptors (Lipinski definition) is 4. The molecule has 0 fully saturated rings. The van der Waals surface area contributed by atoms with Crippen LogP contribution in [0.3, 0.4) is 0 Å². The molecule has 146 valence electrons. The van der Waals surface area contributed by atoms with E-state index in [9.17, 15) is 4.79 Å². The van der Waals surface area contributed by atoms with Crippen LogP contribution >= 0.6 is 0 Å². The Labute approximate surface area is 164 Å². The number of hydrogen-bond donors (Lipinski definition) is 1. The van der Waals surface area contributed by atoms with Gasteiger partial charge < -0.3 is 14.0 Å². The van der Waals surface area contributed by atoms with Crippen LogP contribution in [0.2, 0.25) is 0 Å². The lowest BCUT2D eigenvalue weighted by Gasteiger charge is -2.12. The smallest absolute Gasteiger partial charge is 0.264 e. The van der Waals surface area contributed by atoms with Gasteiger partial charge in [0, 0.05) is 6.54 Å². The molecular weight excluding hydrogens is 354 g/mol. The van der Waals surface area contributed by atoms with E-state index < -0.39 is 0 Å². The van der Waals surface area contributed by atoms with Crippen molar-refractivity contribution >= 4 is 22.9 Å². The third kappa shape index (κ3) is 4.34. The molecule has 6 nitrogen and oxygen atoms in total. The van der Waals surface area contributed by atoms with Crippen molar-refractivity contribution in [2.75, 3.05) is 19.0 Å².